The number of hydrazine groups is 1. The van der Waals surface area contributed by atoms with E-state index in [0.29, 0.717) is 5.11 Å². The van der Waals surface area contributed by atoms with Crippen molar-refractivity contribution in [3.05, 3.63) is 29.3 Å². The van der Waals surface area contributed by atoms with Gasteiger partial charge in [0.25, 0.3) is 0 Å². The van der Waals surface area contributed by atoms with Crippen molar-refractivity contribution in [1.29, 1.82) is 0 Å². The number of carbonyl (C=O) groups excluding carboxylic acids is 1. The molecule has 0 bridgehead atoms. The lowest BCUT2D eigenvalue weighted by Gasteiger charge is -2.29. The Morgan fingerprint density at radius 3 is 2.76 bits per heavy atom. The number of fused-ring (bicyclic) bond motifs is 1. The van der Waals surface area contributed by atoms with Crippen molar-refractivity contribution in [3.8, 4) is 0 Å². The molecule has 1 amide bonds. The minimum Gasteiger partial charge on any atom is -0.359 e. The fourth-order valence-electron chi connectivity index (χ4n) is 3.30. The zero-order valence-corrected chi connectivity index (χ0v) is 16.2. The Labute approximate surface area is 157 Å². The molecular formula is C18H24N4OS2. The Balaban J connectivity index is 1.70. The maximum absolute atomic E-state index is 12.7. The number of thiazole rings is 1. The van der Waals surface area contributed by atoms with E-state index in [1.54, 1.807) is 11.3 Å². The molecule has 1 fully saturated rings. The Morgan fingerprint density at radius 2 is 2.00 bits per heavy atom. The molecule has 25 heavy (non-hydrogen) atoms. The molecule has 1 aliphatic rings. The summed E-state index contributed by atoms with van der Waals surface area (Å²) in [4.78, 5) is 17.5. The van der Waals surface area contributed by atoms with Crippen LogP contribution in [0, 0.1) is 5.92 Å². The first-order valence-electron chi connectivity index (χ1n) is 8.76. The molecule has 1 aromatic heterocycles. The predicted molar refractivity (Wildman–Crippen MR) is 106 cm³/mol. The number of rotatable bonds is 3. The summed E-state index contributed by atoms with van der Waals surface area (Å²) in [5.41, 5.74) is 6.61. The molecule has 1 aliphatic carbocycles. The van der Waals surface area contributed by atoms with Crippen molar-refractivity contribution in [1.82, 2.24) is 21.2 Å². The van der Waals surface area contributed by atoms with E-state index in [2.05, 4.69) is 22.2 Å². The highest BCUT2D eigenvalue weighted by Crippen LogP contribution is 2.40. The van der Waals surface area contributed by atoms with Crippen LogP contribution in [0.5, 0.6) is 0 Å². The smallest absolute Gasteiger partial charge is 0.242 e. The minimum absolute atomic E-state index is 0.00291. The summed E-state index contributed by atoms with van der Waals surface area (Å²) in [6.07, 6.45) is 4.12. The van der Waals surface area contributed by atoms with Crippen LogP contribution >= 0.6 is 23.6 Å². The van der Waals surface area contributed by atoms with Gasteiger partial charge in [0.1, 0.15) is 0 Å². The first kappa shape index (κ1) is 18.1. The maximum Gasteiger partial charge on any atom is 0.242 e. The molecule has 0 saturated heterocycles. The number of aromatic nitrogens is 1. The topological polar surface area (TPSA) is 66.0 Å². The monoisotopic (exact) mass is 376 g/mol. The Hall–Kier alpha value is -1.73. The van der Waals surface area contributed by atoms with Gasteiger partial charge in [-0.2, -0.15) is 0 Å². The lowest BCUT2D eigenvalue weighted by atomic mass is 9.79. The molecular weight excluding hydrogens is 352 g/mol. The molecule has 0 aliphatic heterocycles. The van der Waals surface area contributed by atoms with Crippen molar-refractivity contribution in [2.24, 2.45) is 5.92 Å². The Morgan fingerprint density at radius 1 is 1.24 bits per heavy atom. The molecule has 134 valence electrons. The predicted octanol–water partition coefficient (Wildman–Crippen LogP) is 3.47. The fraction of sp³-hybridized carbons (Fsp3) is 0.500. The largest absolute Gasteiger partial charge is 0.359 e. The van der Waals surface area contributed by atoms with Gasteiger partial charge < -0.3 is 5.32 Å². The van der Waals surface area contributed by atoms with Crippen molar-refractivity contribution in [3.63, 3.8) is 0 Å². The highest BCUT2D eigenvalue weighted by molar-refractivity contribution is 7.80. The third-order valence-corrected chi connectivity index (χ3v) is 5.84. The zero-order valence-electron chi connectivity index (χ0n) is 14.5. The Kier molecular flexibility index (Phi) is 5.86. The van der Waals surface area contributed by atoms with Gasteiger partial charge in [0.05, 0.1) is 15.2 Å². The summed E-state index contributed by atoms with van der Waals surface area (Å²) in [7, 11) is 0. The van der Waals surface area contributed by atoms with Crippen LogP contribution in [-0.4, -0.2) is 22.0 Å². The third-order valence-electron chi connectivity index (χ3n) is 4.45. The van der Waals surface area contributed by atoms with Gasteiger partial charge in [0, 0.05) is 17.9 Å². The van der Waals surface area contributed by atoms with Crippen LogP contribution in [0.2, 0.25) is 0 Å². The lowest BCUT2D eigenvalue weighted by molar-refractivity contribution is -0.127. The van der Waals surface area contributed by atoms with Gasteiger partial charge in [-0.15, -0.1) is 11.3 Å². The molecule has 2 atom stereocenters. The van der Waals surface area contributed by atoms with Crippen LogP contribution in [0.25, 0.3) is 10.2 Å². The molecule has 1 saturated carbocycles. The fourth-order valence-corrected chi connectivity index (χ4v) is 4.75. The number of thiocarbonyl (C=S) groups is 1. The van der Waals surface area contributed by atoms with Crippen LogP contribution < -0.4 is 16.2 Å². The van der Waals surface area contributed by atoms with Gasteiger partial charge in [-0.3, -0.25) is 15.6 Å². The van der Waals surface area contributed by atoms with Gasteiger partial charge in [-0.25, -0.2) is 4.98 Å². The van der Waals surface area contributed by atoms with Crippen LogP contribution in [0.15, 0.2) is 24.3 Å². The molecule has 3 N–H and O–H groups in total. The van der Waals surface area contributed by atoms with E-state index in [-0.39, 0.29) is 23.8 Å². The summed E-state index contributed by atoms with van der Waals surface area (Å²) in [6.45, 7) is 4.00. The molecule has 5 nitrogen and oxygen atoms in total. The molecule has 1 aromatic carbocycles. The standard InChI is InChI=1S/C18H24N4OS2/c1-11(2)19-18(24)22-21-16(23)12-7-3-4-8-13(12)17-20-14-9-5-6-10-15(14)25-17/h5-6,9-13H,3-4,7-8H2,1-2H3,(H,21,23)(H2,19,22,24)/t12-,13+/m0/s1. The molecule has 3 rings (SSSR count). The van der Waals surface area contributed by atoms with Crippen molar-refractivity contribution >= 4 is 44.8 Å². The van der Waals surface area contributed by atoms with E-state index in [1.807, 2.05) is 32.0 Å². The number of benzene rings is 1. The molecule has 0 spiro atoms. The van der Waals surface area contributed by atoms with E-state index in [4.69, 9.17) is 17.2 Å². The molecule has 7 heteroatoms. The number of carbonyl (C=O) groups is 1. The summed E-state index contributed by atoms with van der Waals surface area (Å²) in [5, 5.41) is 4.57. The third kappa shape index (κ3) is 4.46. The first-order valence-corrected chi connectivity index (χ1v) is 9.99. The number of nitrogens with zero attached hydrogens (tertiary/aromatic N) is 1. The second-order valence-electron chi connectivity index (χ2n) is 6.76. The van der Waals surface area contributed by atoms with Crippen LogP contribution in [0.3, 0.4) is 0 Å². The van der Waals surface area contributed by atoms with E-state index >= 15 is 0 Å². The van der Waals surface area contributed by atoms with E-state index < -0.39 is 0 Å². The zero-order chi connectivity index (χ0) is 17.8. The van der Waals surface area contributed by atoms with Gasteiger partial charge in [0.2, 0.25) is 5.91 Å². The molecule has 1 heterocycles. The maximum atomic E-state index is 12.7. The number of nitrogens with one attached hydrogen (secondary N) is 3. The average Bonchev–Trinajstić information content (AvgIpc) is 3.03. The van der Waals surface area contributed by atoms with E-state index in [0.717, 1.165) is 36.2 Å². The van der Waals surface area contributed by atoms with E-state index in [1.165, 1.54) is 4.70 Å². The average molecular weight is 377 g/mol. The molecule has 2 aromatic rings. The summed E-state index contributed by atoms with van der Waals surface area (Å²) >= 11 is 6.88. The summed E-state index contributed by atoms with van der Waals surface area (Å²) in [5.74, 6) is 0.111. The van der Waals surface area contributed by atoms with Gasteiger partial charge in [-0.05, 0) is 51.0 Å². The van der Waals surface area contributed by atoms with Gasteiger partial charge >= 0.3 is 0 Å². The summed E-state index contributed by atoms with van der Waals surface area (Å²) in [6, 6.07) is 8.38. The van der Waals surface area contributed by atoms with Crippen molar-refractivity contribution < 1.29 is 4.79 Å². The Bertz CT molecular complexity index is 725. The van der Waals surface area contributed by atoms with Crippen molar-refractivity contribution in [2.45, 2.75) is 51.5 Å². The van der Waals surface area contributed by atoms with Gasteiger partial charge in [0.15, 0.2) is 5.11 Å². The SMILES string of the molecule is CC(C)NC(=S)NNC(=O)[C@H]1CCCC[C@H]1c1nc2ccccc2s1. The highest BCUT2D eigenvalue weighted by atomic mass is 32.1. The lowest BCUT2D eigenvalue weighted by Crippen LogP contribution is -2.51. The number of amides is 1. The summed E-state index contributed by atoms with van der Waals surface area (Å²) < 4.78 is 1.18. The van der Waals surface area contributed by atoms with Crippen LogP contribution in [0.1, 0.15) is 50.5 Å². The second kappa shape index (κ2) is 8.10. The quantitative estimate of drug-likeness (QED) is 0.565. The van der Waals surface area contributed by atoms with Gasteiger partial charge in [-0.1, -0.05) is 25.0 Å². The van der Waals surface area contributed by atoms with Crippen LogP contribution in [-0.2, 0) is 4.79 Å². The molecule has 0 radical (unpaired) electrons. The number of hydrogen-bond donors (Lipinski definition) is 3. The molecule has 0 unspecified atom stereocenters. The van der Waals surface area contributed by atoms with E-state index in [9.17, 15) is 4.79 Å². The normalized spacial score (nSPS) is 20.4. The highest BCUT2D eigenvalue weighted by Gasteiger charge is 2.34. The minimum atomic E-state index is -0.0661. The number of hydrogen-bond acceptors (Lipinski definition) is 4. The number of para-hydroxylation sites is 1. The van der Waals surface area contributed by atoms with Crippen molar-refractivity contribution in [2.75, 3.05) is 0 Å². The van der Waals surface area contributed by atoms with Crippen LogP contribution in [0.4, 0.5) is 0 Å². The second-order valence-corrected chi connectivity index (χ2v) is 8.23. The first-order chi connectivity index (χ1) is 12.0.